The minimum atomic E-state index is -4.06. The summed E-state index contributed by atoms with van der Waals surface area (Å²) >= 11 is 0. The van der Waals surface area contributed by atoms with Crippen LogP contribution in [0.2, 0.25) is 0 Å². The van der Waals surface area contributed by atoms with E-state index >= 15 is 0 Å². The molecule has 8 heteroatoms. The molecule has 1 N–H and O–H groups in total. The summed E-state index contributed by atoms with van der Waals surface area (Å²) in [6.07, 6.45) is 2.40. The summed E-state index contributed by atoms with van der Waals surface area (Å²) in [6.45, 7) is 4.60. The summed E-state index contributed by atoms with van der Waals surface area (Å²) in [5, 5.41) is -0.236. The lowest BCUT2D eigenvalue weighted by Crippen LogP contribution is -2.32. The first-order valence-corrected chi connectivity index (χ1v) is 8.57. The smallest absolute Gasteiger partial charge is 0.283 e. The Morgan fingerprint density at radius 3 is 2.70 bits per heavy atom. The number of sulfonamides is 1. The van der Waals surface area contributed by atoms with Gasteiger partial charge in [-0.1, -0.05) is 32.0 Å². The average molecular weight is 339 g/mol. The van der Waals surface area contributed by atoms with Crippen LogP contribution in [0, 0.1) is 11.7 Å². The Kier molecular flexibility index (Phi) is 5.15. The van der Waals surface area contributed by atoms with Crippen LogP contribution in [0.25, 0.3) is 0 Å². The number of nitrogens with one attached hydrogen (secondary N) is 1. The summed E-state index contributed by atoms with van der Waals surface area (Å²) in [4.78, 5) is 15.7. The molecule has 0 bridgehead atoms. The molecule has 0 saturated carbocycles. The van der Waals surface area contributed by atoms with Gasteiger partial charge in [-0.25, -0.2) is 14.1 Å². The van der Waals surface area contributed by atoms with Gasteiger partial charge in [-0.2, -0.15) is 8.42 Å². The van der Waals surface area contributed by atoms with Gasteiger partial charge in [0.2, 0.25) is 5.91 Å². The Morgan fingerprint density at radius 1 is 1.35 bits per heavy atom. The Morgan fingerprint density at radius 2 is 2.04 bits per heavy atom. The van der Waals surface area contributed by atoms with E-state index in [0.29, 0.717) is 12.5 Å². The molecule has 2 rings (SSSR count). The third-order valence-corrected chi connectivity index (χ3v) is 4.28. The minimum absolute atomic E-state index is 0.130. The van der Waals surface area contributed by atoms with Gasteiger partial charge in [-0.05, 0) is 17.5 Å². The highest BCUT2D eigenvalue weighted by atomic mass is 32.2. The second kappa shape index (κ2) is 6.91. The van der Waals surface area contributed by atoms with E-state index in [4.69, 9.17) is 0 Å². The van der Waals surface area contributed by atoms with Crippen molar-refractivity contribution in [3.8, 4) is 0 Å². The minimum Gasteiger partial charge on any atom is -0.336 e. The van der Waals surface area contributed by atoms with Crippen molar-refractivity contribution in [2.24, 2.45) is 5.92 Å². The van der Waals surface area contributed by atoms with Crippen LogP contribution >= 0.6 is 0 Å². The van der Waals surface area contributed by atoms with Gasteiger partial charge >= 0.3 is 0 Å². The summed E-state index contributed by atoms with van der Waals surface area (Å²) in [7, 11) is -4.06. The number of rotatable bonds is 6. The number of hydrogen-bond acceptors (Lipinski definition) is 4. The van der Waals surface area contributed by atoms with Crippen molar-refractivity contribution < 1.29 is 17.6 Å². The molecule has 1 aromatic heterocycles. The Bertz CT molecular complexity index is 800. The van der Waals surface area contributed by atoms with Crippen LogP contribution in [-0.2, 0) is 27.8 Å². The molecule has 0 aliphatic rings. The predicted molar refractivity (Wildman–Crippen MR) is 82.5 cm³/mol. The van der Waals surface area contributed by atoms with Crippen LogP contribution in [0.3, 0.4) is 0 Å². The predicted octanol–water partition coefficient (Wildman–Crippen LogP) is 1.73. The van der Waals surface area contributed by atoms with E-state index in [1.807, 2.05) is 18.6 Å². The third kappa shape index (κ3) is 4.62. The van der Waals surface area contributed by atoms with Gasteiger partial charge in [0.1, 0.15) is 5.82 Å². The third-order valence-electron chi connectivity index (χ3n) is 3.02. The molecular formula is C15H18FN3O3S. The topological polar surface area (TPSA) is 81.1 Å². The van der Waals surface area contributed by atoms with Crippen LogP contribution in [0.4, 0.5) is 4.39 Å². The van der Waals surface area contributed by atoms with Crippen LogP contribution in [-0.4, -0.2) is 23.9 Å². The largest absolute Gasteiger partial charge is 0.336 e. The van der Waals surface area contributed by atoms with E-state index in [0.717, 1.165) is 0 Å². The number of imidazole rings is 1. The van der Waals surface area contributed by atoms with E-state index in [9.17, 15) is 17.6 Å². The summed E-state index contributed by atoms with van der Waals surface area (Å²) in [5.41, 5.74) is 0.130. The molecule has 0 atom stereocenters. The summed E-state index contributed by atoms with van der Waals surface area (Å²) < 4.78 is 41.3. The first kappa shape index (κ1) is 17.1. The standard InChI is InChI=1S/C15H18FN3O3S/c1-11(2)8-19-9-15(17-10-19)23(21,22)18-14(20)7-12-5-3-4-6-13(12)16/h3-6,9-11H,7-8H2,1-2H3,(H,18,20). The lowest BCUT2D eigenvalue weighted by atomic mass is 10.1. The molecule has 2 aromatic rings. The second-order valence-electron chi connectivity index (χ2n) is 5.60. The number of carbonyl (C=O) groups excluding carboxylic acids is 1. The van der Waals surface area contributed by atoms with Crippen molar-refractivity contribution in [3.05, 3.63) is 48.2 Å². The first-order valence-electron chi connectivity index (χ1n) is 7.09. The van der Waals surface area contributed by atoms with E-state index in [1.54, 1.807) is 10.6 Å². The fourth-order valence-electron chi connectivity index (χ4n) is 2.05. The van der Waals surface area contributed by atoms with Crippen LogP contribution < -0.4 is 4.72 Å². The number of carbonyl (C=O) groups is 1. The molecule has 23 heavy (non-hydrogen) atoms. The van der Waals surface area contributed by atoms with Crippen molar-refractivity contribution in [1.82, 2.24) is 14.3 Å². The fraction of sp³-hybridized carbons (Fsp3) is 0.333. The van der Waals surface area contributed by atoms with Gasteiger partial charge in [0.05, 0.1) is 12.7 Å². The van der Waals surface area contributed by atoms with Crippen molar-refractivity contribution in [2.45, 2.75) is 31.8 Å². The van der Waals surface area contributed by atoms with E-state index in [1.165, 1.54) is 30.7 Å². The van der Waals surface area contributed by atoms with Crippen molar-refractivity contribution >= 4 is 15.9 Å². The van der Waals surface area contributed by atoms with Crippen molar-refractivity contribution in [2.75, 3.05) is 0 Å². The lowest BCUT2D eigenvalue weighted by Gasteiger charge is -2.06. The molecule has 124 valence electrons. The molecule has 0 saturated heterocycles. The quantitative estimate of drug-likeness (QED) is 0.869. The highest BCUT2D eigenvalue weighted by Crippen LogP contribution is 2.10. The molecule has 6 nitrogen and oxygen atoms in total. The molecule has 1 heterocycles. The molecule has 0 aliphatic carbocycles. The molecule has 1 aromatic carbocycles. The van der Waals surface area contributed by atoms with Gasteiger partial charge in [-0.3, -0.25) is 4.79 Å². The Labute approximate surface area is 134 Å². The lowest BCUT2D eigenvalue weighted by molar-refractivity contribution is -0.118. The van der Waals surface area contributed by atoms with Gasteiger partial charge in [0, 0.05) is 12.7 Å². The zero-order chi connectivity index (χ0) is 17.0. The molecule has 0 unspecified atom stereocenters. The van der Waals surface area contributed by atoms with E-state index in [-0.39, 0.29) is 17.0 Å². The highest BCUT2D eigenvalue weighted by Gasteiger charge is 2.21. The summed E-state index contributed by atoms with van der Waals surface area (Å²) in [5.74, 6) is -1.04. The zero-order valence-electron chi connectivity index (χ0n) is 12.9. The molecule has 0 radical (unpaired) electrons. The van der Waals surface area contributed by atoms with Gasteiger partial charge in [0.15, 0.2) is 5.03 Å². The van der Waals surface area contributed by atoms with Crippen LogP contribution in [0.5, 0.6) is 0 Å². The highest BCUT2D eigenvalue weighted by molar-refractivity contribution is 7.90. The molecular weight excluding hydrogens is 321 g/mol. The van der Waals surface area contributed by atoms with Crippen LogP contribution in [0.15, 0.2) is 41.8 Å². The van der Waals surface area contributed by atoms with E-state index in [2.05, 4.69) is 4.98 Å². The zero-order valence-corrected chi connectivity index (χ0v) is 13.7. The number of aromatic nitrogens is 2. The second-order valence-corrected chi connectivity index (χ2v) is 7.23. The van der Waals surface area contributed by atoms with E-state index < -0.39 is 21.7 Å². The van der Waals surface area contributed by atoms with Crippen LogP contribution in [0.1, 0.15) is 19.4 Å². The Hall–Kier alpha value is -2.22. The van der Waals surface area contributed by atoms with Gasteiger partial charge in [-0.15, -0.1) is 0 Å². The first-order chi connectivity index (χ1) is 10.8. The Balaban J connectivity index is 2.07. The normalized spacial score (nSPS) is 11.7. The fourth-order valence-corrected chi connectivity index (χ4v) is 2.99. The molecule has 1 amide bonds. The maximum atomic E-state index is 13.5. The maximum absolute atomic E-state index is 13.5. The number of amides is 1. The number of hydrogen-bond donors (Lipinski definition) is 1. The summed E-state index contributed by atoms with van der Waals surface area (Å²) in [6, 6.07) is 5.71. The van der Waals surface area contributed by atoms with Crippen molar-refractivity contribution in [1.29, 1.82) is 0 Å². The molecule has 0 fully saturated rings. The van der Waals surface area contributed by atoms with Gasteiger partial charge in [0.25, 0.3) is 10.0 Å². The monoisotopic (exact) mass is 339 g/mol. The average Bonchev–Trinajstić information content (AvgIpc) is 2.89. The maximum Gasteiger partial charge on any atom is 0.283 e. The van der Waals surface area contributed by atoms with Gasteiger partial charge < -0.3 is 4.57 Å². The number of benzene rings is 1. The SMILES string of the molecule is CC(C)Cn1cnc(S(=O)(=O)NC(=O)Cc2ccccc2F)c1. The molecule has 0 spiro atoms. The molecule has 0 aliphatic heterocycles. The number of halogens is 1. The number of nitrogens with zero attached hydrogens (tertiary/aromatic N) is 2. The van der Waals surface area contributed by atoms with Crippen molar-refractivity contribution in [3.63, 3.8) is 0 Å².